The Balaban J connectivity index is 2.65. The lowest BCUT2D eigenvalue weighted by atomic mass is 10.2. The van der Waals surface area contributed by atoms with Crippen LogP contribution < -0.4 is 10.6 Å². The molecule has 0 aliphatic rings. The Labute approximate surface area is 116 Å². The van der Waals surface area contributed by atoms with Crippen molar-refractivity contribution in [1.82, 2.24) is 5.32 Å². The summed E-state index contributed by atoms with van der Waals surface area (Å²) in [4.78, 5) is 11.6. The van der Waals surface area contributed by atoms with E-state index in [0.29, 0.717) is 22.2 Å². The number of urea groups is 1. The first-order valence-corrected chi connectivity index (χ1v) is 6.33. The van der Waals surface area contributed by atoms with E-state index in [4.69, 9.17) is 28.3 Å². The van der Waals surface area contributed by atoms with Crippen molar-refractivity contribution in [2.45, 2.75) is 26.3 Å². The molecule has 3 N–H and O–H groups in total. The molecule has 0 aliphatic carbocycles. The summed E-state index contributed by atoms with van der Waals surface area (Å²) in [6, 6.07) is 2.82. The molecule has 100 valence electrons. The highest BCUT2D eigenvalue weighted by atomic mass is 35.5. The number of benzene rings is 1. The number of carbonyl (C=O) groups excluding carboxylic acids is 1. The van der Waals surface area contributed by atoms with Gasteiger partial charge in [-0.05, 0) is 38.0 Å². The van der Waals surface area contributed by atoms with Gasteiger partial charge < -0.3 is 15.7 Å². The Bertz CT molecular complexity index is 415. The van der Waals surface area contributed by atoms with Crippen molar-refractivity contribution in [3.8, 4) is 0 Å². The maximum atomic E-state index is 11.6. The van der Waals surface area contributed by atoms with Gasteiger partial charge in [-0.1, -0.05) is 23.2 Å². The molecular weight excluding hydrogens is 275 g/mol. The summed E-state index contributed by atoms with van der Waals surface area (Å²) in [7, 11) is 0. The normalized spacial score (nSPS) is 12.1. The van der Waals surface area contributed by atoms with E-state index in [2.05, 4.69) is 10.6 Å². The van der Waals surface area contributed by atoms with E-state index in [1.54, 1.807) is 19.1 Å². The Morgan fingerprint density at radius 1 is 1.39 bits per heavy atom. The van der Waals surface area contributed by atoms with Gasteiger partial charge in [0.05, 0.1) is 0 Å². The van der Waals surface area contributed by atoms with Crippen molar-refractivity contribution < 1.29 is 9.90 Å². The second-order valence-electron chi connectivity index (χ2n) is 4.08. The van der Waals surface area contributed by atoms with Crippen molar-refractivity contribution in [3.63, 3.8) is 0 Å². The number of rotatable bonds is 4. The van der Waals surface area contributed by atoms with Crippen LogP contribution in [0.3, 0.4) is 0 Å². The number of carbonyl (C=O) groups is 1. The molecule has 18 heavy (non-hydrogen) atoms. The number of aliphatic hydroxyl groups excluding tert-OH is 1. The molecule has 0 unspecified atom stereocenters. The zero-order chi connectivity index (χ0) is 13.7. The maximum absolute atomic E-state index is 11.6. The predicted octanol–water partition coefficient (Wildman–Crippen LogP) is 3.19. The number of halogens is 2. The first-order valence-electron chi connectivity index (χ1n) is 5.58. The van der Waals surface area contributed by atoms with Gasteiger partial charge in [0, 0.05) is 28.4 Å². The molecule has 0 bridgehead atoms. The lowest BCUT2D eigenvalue weighted by Gasteiger charge is -2.14. The smallest absolute Gasteiger partial charge is 0.319 e. The van der Waals surface area contributed by atoms with Crippen LogP contribution in [-0.2, 0) is 0 Å². The lowest BCUT2D eigenvalue weighted by molar-refractivity contribution is 0.241. The van der Waals surface area contributed by atoms with E-state index in [-0.39, 0.29) is 18.7 Å². The number of anilines is 1. The van der Waals surface area contributed by atoms with Crippen molar-refractivity contribution in [3.05, 3.63) is 27.7 Å². The van der Waals surface area contributed by atoms with Crippen LogP contribution in [0.2, 0.25) is 10.0 Å². The summed E-state index contributed by atoms with van der Waals surface area (Å²) in [6.45, 7) is 3.65. The molecule has 0 aliphatic heterocycles. The molecule has 0 heterocycles. The van der Waals surface area contributed by atoms with Crippen LogP contribution in [0.4, 0.5) is 10.5 Å². The fraction of sp³-hybridized carbons (Fsp3) is 0.417. The molecule has 0 fully saturated rings. The molecule has 2 amide bonds. The van der Waals surface area contributed by atoms with E-state index in [1.165, 1.54) is 0 Å². The van der Waals surface area contributed by atoms with Gasteiger partial charge in [0.2, 0.25) is 0 Å². The molecule has 0 radical (unpaired) electrons. The highest BCUT2D eigenvalue weighted by Crippen LogP contribution is 2.27. The molecule has 6 heteroatoms. The number of amides is 2. The second-order valence-corrected chi connectivity index (χ2v) is 4.89. The average molecular weight is 291 g/mol. The third-order valence-corrected chi connectivity index (χ3v) is 3.26. The fourth-order valence-electron chi connectivity index (χ4n) is 1.37. The molecular formula is C12H16Cl2N2O2. The van der Waals surface area contributed by atoms with Crippen LogP contribution in [0.5, 0.6) is 0 Å². The first-order chi connectivity index (χ1) is 8.43. The minimum Gasteiger partial charge on any atom is -0.396 e. The molecule has 0 saturated heterocycles. The first kappa shape index (κ1) is 15.1. The van der Waals surface area contributed by atoms with Crippen LogP contribution in [0.15, 0.2) is 12.1 Å². The van der Waals surface area contributed by atoms with Gasteiger partial charge in [0.15, 0.2) is 0 Å². The summed E-state index contributed by atoms with van der Waals surface area (Å²) >= 11 is 11.9. The Morgan fingerprint density at radius 2 is 1.94 bits per heavy atom. The topological polar surface area (TPSA) is 61.4 Å². The number of aliphatic hydroxyl groups is 1. The molecule has 0 saturated carbocycles. The molecule has 1 aromatic carbocycles. The Hall–Kier alpha value is -0.970. The Morgan fingerprint density at radius 3 is 2.44 bits per heavy atom. The summed E-state index contributed by atoms with van der Waals surface area (Å²) < 4.78 is 0. The van der Waals surface area contributed by atoms with Gasteiger partial charge in [0.1, 0.15) is 0 Å². The van der Waals surface area contributed by atoms with Crippen LogP contribution in [0.25, 0.3) is 0 Å². The van der Waals surface area contributed by atoms with Gasteiger partial charge in [-0.2, -0.15) is 0 Å². The predicted molar refractivity (Wildman–Crippen MR) is 74.5 cm³/mol. The largest absolute Gasteiger partial charge is 0.396 e. The van der Waals surface area contributed by atoms with Gasteiger partial charge in [-0.15, -0.1) is 0 Å². The number of hydrogen-bond acceptors (Lipinski definition) is 2. The number of hydrogen-bond donors (Lipinski definition) is 3. The highest BCUT2D eigenvalue weighted by molar-refractivity contribution is 6.36. The lowest BCUT2D eigenvalue weighted by Crippen LogP contribution is -2.36. The minimum atomic E-state index is -0.355. The van der Waals surface area contributed by atoms with Gasteiger partial charge in [-0.25, -0.2) is 4.79 Å². The van der Waals surface area contributed by atoms with E-state index < -0.39 is 0 Å². The van der Waals surface area contributed by atoms with Crippen LogP contribution in [-0.4, -0.2) is 23.8 Å². The average Bonchev–Trinajstić information content (AvgIpc) is 2.25. The third kappa shape index (κ3) is 4.37. The van der Waals surface area contributed by atoms with E-state index >= 15 is 0 Å². The molecule has 0 spiro atoms. The molecule has 4 nitrogen and oxygen atoms in total. The fourth-order valence-corrected chi connectivity index (χ4v) is 1.86. The quantitative estimate of drug-likeness (QED) is 0.797. The molecule has 1 atom stereocenters. The highest BCUT2D eigenvalue weighted by Gasteiger charge is 2.09. The number of nitrogens with one attached hydrogen (secondary N) is 2. The summed E-state index contributed by atoms with van der Waals surface area (Å²) in [6.07, 6.45) is 0.503. The van der Waals surface area contributed by atoms with Crippen molar-refractivity contribution in [2.24, 2.45) is 0 Å². The minimum absolute atomic E-state index is 0.0314. The van der Waals surface area contributed by atoms with Gasteiger partial charge in [-0.3, -0.25) is 0 Å². The summed E-state index contributed by atoms with van der Waals surface area (Å²) in [5, 5.41) is 15.1. The van der Waals surface area contributed by atoms with Gasteiger partial charge in [0.25, 0.3) is 0 Å². The van der Waals surface area contributed by atoms with Gasteiger partial charge >= 0.3 is 6.03 Å². The van der Waals surface area contributed by atoms with E-state index in [9.17, 15) is 4.79 Å². The molecule has 1 aromatic rings. The van der Waals surface area contributed by atoms with E-state index in [1.807, 2.05) is 6.92 Å². The van der Waals surface area contributed by atoms with Crippen LogP contribution in [0.1, 0.15) is 18.9 Å². The molecule has 0 aromatic heterocycles. The van der Waals surface area contributed by atoms with Crippen molar-refractivity contribution in [2.75, 3.05) is 11.9 Å². The summed E-state index contributed by atoms with van der Waals surface area (Å²) in [5.74, 6) is 0. The zero-order valence-electron chi connectivity index (χ0n) is 10.3. The van der Waals surface area contributed by atoms with Crippen molar-refractivity contribution in [1.29, 1.82) is 0 Å². The maximum Gasteiger partial charge on any atom is 0.319 e. The SMILES string of the molecule is Cc1c(Cl)cc(NC(=O)N[C@H](C)CCO)cc1Cl. The van der Waals surface area contributed by atoms with Crippen molar-refractivity contribution >= 4 is 34.9 Å². The van der Waals surface area contributed by atoms with E-state index in [0.717, 1.165) is 5.56 Å². The monoisotopic (exact) mass is 290 g/mol. The molecule has 1 rings (SSSR count). The standard InChI is InChI=1S/C12H16Cl2N2O2/c1-7(3-4-17)15-12(18)16-9-5-10(13)8(2)11(14)6-9/h5-7,17H,3-4H2,1-2H3,(H2,15,16,18)/t7-/m1/s1. The van der Waals surface area contributed by atoms with Crippen LogP contribution in [0, 0.1) is 6.92 Å². The third-order valence-electron chi connectivity index (χ3n) is 2.48. The zero-order valence-corrected chi connectivity index (χ0v) is 11.8. The Kier molecular flexibility index (Phi) is 5.72. The summed E-state index contributed by atoms with van der Waals surface area (Å²) in [5.41, 5.74) is 1.31. The second kappa shape index (κ2) is 6.83. The van der Waals surface area contributed by atoms with Crippen LogP contribution >= 0.6 is 23.2 Å².